The molecular formula is C7H13NO. The zero-order chi connectivity index (χ0) is 6.91. The third-order valence-corrected chi connectivity index (χ3v) is 1.41. The molecule has 0 aromatic carbocycles. The Morgan fingerprint density at radius 3 is 2.33 bits per heavy atom. The van der Waals surface area contributed by atoms with E-state index >= 15 is 0 Å². The maximum Gasteiger partial charge on any atom is 0.160 e. The van der Waals surface area contributed by atoms with Gasteiger partial charge in [0.15, 0.2) is 6.73 Å². The lowest BCUT2D eigenvalue weighted by molar-refractivity contribution is 0.103. The molecular weight excluding hydrogens is 114 g/mol. The lowest BCUT2D eigenvalue weighted by Crippen LogP contribution is -2.35. The summed E-state index contributed by atoms with van der Waals surface area (Å²) in [5.41, 5.74) is 0.201. The SMILES string of the molecule is CC(C)(C)N1C=COC1. The third kappa shape index (κ3) is 1.37. The fraction of sp³-hybridized carbons (Fsp3) is 0.714. The maximum atomic E-state index is 5.03. The minimum atomic E-state index is 0.201. The number of rotatable bonds is 0. The highest BCUT2D eigenvalue weighted by atomic mass is 16.5. The summed E-state index contributed by atoms with van der Waals surface area (Å²) in [7, 11) is 0. The fourth-order valence-electron chi connectivity index (χ4n) is 0.700. The molecule has 0 spiro atoms. The van der Waals surface area contributed by atoms with E-state index in [0.29, 0.717) is 6.73 Å². The summed E-state index contributed by atoms with van der Waals surface area (Å²) in [6.07, 6.45) is 3.70. The second-order valence-corrected chi connectivity index (χ2v) is 3.22. The van der Waals surface area contributed by atoms with Gasteiger partial charge in [-0.3, -0.25) is 0 Å². The quantitative estimate of drug-likeness (QED) is 0.489. The zero-order valence-corrected chi connectivity index (χ0v) is 6.22. The molecule has 0 amide bonds. The van der Waals surface area contributed by atoms with Crippen LogP contribution in [0.15, 0.2) is 12.5 Å². The van der Waals surface area contributed by atoms with E-state index in [9.17, 15) is 0 Å². The van der Waals surface area contributed by atoms with Crippen molar-refractivity contribution in [2.24, 2.45) is 0 Å². The molecule has 2 heteroatoms. The van der Waals surface area contributed by atoms with Gasteiger partial charge in [-0.15, -0.1) is 0 Å². The largest absolute Gasteiger partial charge is 0.479 e. The Morgan fingerprint density at radius 1 is 1.44 bits per heavy atom. The lowest BCUT2D eigenvalue weighted by atomic mass is 10.1. The first-order valence-electron chi connectivity index (χ1n) is 3.16. The Labute approximate surface area is 56.1 Å². The highest BCUT2D eigenvalue weighted by molar-refractivity contribution is 4.88. The van der Waals surface area contributed by atoms with Crippen molar-refractivity contribution in [3.63, 3.8) is 0 Å². The highest BCUT2D eigenvalue weighted by Gasteiger charge is 2.19. The van der Waals surface area contributed by atoms with E-state index in [-0.39, 0.29) is 5.54 Å². The summed E-state index contributed by atoms with van der Waals surface area (Å²) in [5.74, 6) is 0. The van der Waals surface area contributed by atoms with Crippen LogP contribution >= 0.6 is 0 Å². The maximum absolute atomic E-state index is 5.03. The summed E-state index contributed by atoms with van der Waals surface area (Å²) < 4.78 is 5.03. The van der Waals surface area contributed by atoms with E-state index in [1.165, 1.54) is 0 Å². The van der Waals surface area contributed by atoms with Crippen LogP contribution in [0.5, 0.6) is 0 Å². The first-order valence-corrected chi connectivity index (χ1v) is 3.16. The predicted octanol–water partition coefficient (Wildman–Crippen LogP) is 1.55. The van der Waals surface area contributed by atoms with Crippen LogP contribution in [0.25, 0.3) is 0 Å². The average Bonchev–Trinajstić information content (AvgIpc) is 2.08. The van der Waals surface area contributed by atoms with Gasteiger partial charge in [-0.05, 0) is 20.8 Å². The Bertz CT molecular complexity index is 123. The molecule has 0 fully saturated rings. The van der Waals surface area contributed by atoms with E-state index in [1.54, 1.807) is 6.26 Å². The molecule has 0 saturated heterocycles. The Hall–Kier alpha value is -0.660. The molecule has 52 valence electrons. The number of nitrogens with zero attached hydrogens (tertiary/aromatic N) is 1. The van der Waals surface area contributed by atoms with Crippen molar-refractivity contribution < 1.29 is 4.74 Å². The molecule has 0 aromatic heterocycles. The second-order valence-electron chi connectivity index (χ2n) is 3.22. The van der Waals surface area contributed by atoms with E-state index in [1.807, 2.05) is 6.20 Å². The molecule has 0 aliphatic carbocycles. The summed E-state index contributed by atoms with van der Waals surface area (Å²) in [6.45, 7) is 7.17. The number of hydrogen-bond donors (Lipinski definition) is 0. The van der Waals surface area contributed by atoms with Crippen LogP contribution in [0, 0.1) is 0 Å². The number of hydrogen-bond acceptors (Lipinski definition) is 2. The molecule has 0 radical (unpaired) electrons. The summed E-state index contributed by atoms with van der Waals surface area (Å²) in [6, 6.07) is 0. The van der Waals surface area contributed by atoms with E-state index in [4.69, 9.17) is 4.74 Å². The first kappa shape index (κ1) is 6.46. The van der Waals surface area contributed by atoms with Gasteiger partial charge in [0.1, 0.15) is 6.26 Å². The molecule has 0 bridgehead atoms. The first-order chi connectivity index (χ1) is 4.11. The topological polar surface area (TPSA) is 12.5 Å². The third-order valence-electron chi connectivity index (χ3n) is 1.41. The smallest absolute Gasteiger partial charge is 0.160 e. The van der Waals surface area contributed by atoms with Crippen LogP contribution in [0.1, 0.15) is 20.8 Å². The van der Waals surface area contributed by atoms with Gasteiger partial charge in [-0.2, -0.15) is 0 Å². The molecule has 0 atom stereocenters. The van der Waals surface area contributed by atoms with Crippen LogP contribution in [0.2, 0.25) is 0 Å². The Balaban J connectivity index is 2.53. The van der Waals surface area contributed by atoms with E-state index in [2.05, 4.69) is 25.7 Å². The highest BCUT2D eigenvalue weighted by Crippen LogP contribution is 2.16. The Morgan fingerprint density at radius 2 is 2.11 bits per heavy atom. The van der Waals surface area contributed by atoms with Crippen molar-refractivity contribution >= 4 is 0 Å². The van der Waals surface area contributed by atoms with E-state index in [0.717, 1.165) is 0 Å². The molecule has 1 rings (SSSR count). The zero-order valence-electron chi connectivity index (χ0n) is 6.22. The molecule has 0 aromatic rings. The molecule has 2 nitrogen and oxygen atoms in total. The van der Waals surface area contributed by atoms with Gasteiger partial charge < -0.3 is 9.64 Å². The van der Waals surface area contributed by atoms with Crippen molar-refractivity contribution in [2.45, 2.75) is 26.3 Å². The van der Waals surface area contributed by atoms with Crippen LogP contribution < -0.4 is 0 Å². The van der Waals surface area contributed by atoms with Gasteiger partial charge >= 0.3 is 0 Å². The van der Waals surface area contributed by atoms with Gasteiger partial charge in [-0.1, -0.05) is 0 Å². The van der Waals surface area contributed by atoms with Crippen molar-refractivity contribution in [2.75, 3.05) is 6.73 Å². The van der Waals surface area contributed by atoms with Gasteiger partial charge in [0.25, 0.3) is 0 Å². The van der Waals surface area contributed by atoms with Crippen molar-refractivity contribution in [3.05, 3.63) is 12.5 Å². The van der Waals surface area contributed by atoms with Crippen molar-refractivity contribution in [1.82, 2.24) is 4.90 Å². The minimum Gasteiger partial charge on any atom is -0.479 e. The molecule has 9 heavy (non-hydrogen) atoms. The van der Waals surface area contributed by atoms with E-state index < -0.39 is 0 Å². The molecule has 1 heterocycles. The van der Waals surface area contributed by atoms with Crippen LogP contribution in [0.4, 0.5) is 0 Å². The molecule has 0 unspecified atom stereocenters. The van der Waals surface area contributed by atoms with Gasteiger partial charge in [0, 0.05) is 11.7 Å². The predicted molar refractivity (Wildman–Crippen MR) is 36.7 cm³/mol. The Kier molecular flexibility index (Phi) is 1.39. The van der Waals surface area contributed by atoms with Gasteiger partial charge in [0.05, 0.1) is 0 Å². The normalized spacial score (nSPS) is 18.3. The molecule has 1 aliphatic rings. The van der Waals surface area contributed by atoms with Crippen LogP contribution in [0.3, 0.4) is 0 Å². The van der Waals surface area contributed by atoms with Gasteiger partial charge in [-0.25, -0.2) is 0 Å². The summed E-state index contributed by atoms with van der Waals surface area (Å²) in [4.78, 5) is 2.15. The summed E-state index contributed by atoms with van der Waals surface area (Å²) >= 11 is 0. The summed E-state index contributed by atoms with van der Waals surface area (Å²) in [5, 5.41) is 0. The number of ether oxygens (including phenoxy) is 1. The molecule has 0 N–H and O–H groups in total. The molecule has 1 aliphatic heterocycles. The van der Waals surface area contributed by atoms with Gasteiger partial charge in [0.2, 0.25) is 0 Å². The second kappa shape index (κ2) is 1.94. The minimum absolute atomic E-state index is 0.201. The molecule has 0 saturated carbocycles. The van der Waals surface area contributed by atoms with Crippen molar-refractivity contribution in [3.8, 4) is 0 Å². The van der Waals surface area contributed by atoms with Crippen LogP contribution in [-0.2, 0) is 4.74 Å². The standard InChI is InChI=1S/C7H13NO/c1-7(2,3)8-4-5-9-6-8/h4-5H,6H2,1-3H3. The average molecular weight is 127 g/mol. The lowest BCUT2D eigenvalue weighted by Gasteiger charge is -2.29. The monoisotopic (exact) mass is 127 g/mol. The van der Waals surface area contributed by atoms with Crippen LogP contribution in [-0.4, -0.2) is 17.2 Å². The fourth-order valence-corrected chi connectivity index (χ4v) is 0.700. The van der Waals surface area contributed by atoms with Crippen molar-refractivity contribution in [1.29, 1.82) is 0 Å².